The van der Waals surface area contributed by atoms with Gasteiger partial charge in [-0.2, -0.15) is 0 Å². The first-order valence-electron chi connectivity index (χ1n) is 10.1. The van der Waals surface area contributed by atoms with Gasteiger partial charge in [-0.1, -0.05) is 11.3 Å². The van der Waals surface area contributed by atoms with E-state index in [1.54, 1.807) is 25.7 Å². The SMILES string of the molecule is CO[C@@H]1C[C@@]2(C)C[C@H](N(C)c3nnc(-c4ccc(-n5ccnc5)cc4O)s3)C[C@@H]1N2. The number of nitrogens with one attached hydrogen (secondary N) is 1. The van der Waals surface area contributed by atoms with Gasteiger partial charge in [-0.15, -0.1) is 10.2 Å². The second kappa shape index (κ2) is 7.33. The van der Waals surface area contributed by atoms with Crippen LogP contribution in [-0.4, -0.2) is 62.7 Å². The van der Waals surface area contributed by atoms with Crippen molar-refractivity contribution in [1.82, 2.24) is 25.1 Å². The first kappa shape index (κ1) is 19.5. The van der Waals surface area contributed by atoms with Crippen LogP contribution in [0.5, 0.6) is 5.75 Å². The number of aromatic nitrogens is 4. The number of aromatic hydroxyl groups is 1. The fourth-order valence-corrected chi connectivity index (χ4v) is 5.79. The molecule has 9 heteroatoms. The van der Waals surface area contributed by atoms with Gasteiger partial charge in [-0.3, -0.25) is 0 Å². The molecule has 2 fully saturated rings. The summed E-state index contributed by atoms with van der Waals surface area (Å²) in [5.41, 5.74) is 1.63. The first-order chi connectivity index (χ1) is 14.5. The van der Waals surface area contributed by atoms with Crippen LogP contribution in [0.4, 0.5) is 5.13 Å². The number of hydrogen-bond acceptors (Lipinski definition) is 8. The summed E-state index contributed by atoms with van der Waals surface area (Å²) in [5.74, 6) is 0.182. The number of piperidine rings is 1. The summed E-state index contributed by atoms with van der Waals surface area (Å²) < 4.78 is 7.55. The van der Waals surface area contributed by atoms with Crippen LogP contribution in [0, 0.1) is 0 Å². The van der Waals surface area contributed by atoms with Gasteiger partial charge in [0.2, 0.25) is 5.13 Å². The highest BCUT2D eigenvalue weighted by atomic mass is 32.1. The number of phenolic OH excluding ortho intramolecular Hbond substituents is 1. The summed E-state index contributed by atoms with van der Waals surface area (Å²) in [6.07, 6.45) is 8.62. The van der Waals surface area contributed by atoms with Gasteiger partial charge in [-0.05, 0) is 38.3 Å². The van der Waals surface area contributed by atoms with E-state index >= 15 is 0 Å². The summed E-state index contributed by atoms with van der Waals surface area (Å²) in [6.45, 7) is 2.28. The minimum atomic E-state index is 0.0947. The summed E-state index contributed by atoms with van der Waals surface area (Å²) in [7, 11) is 3.89. The van der Waals surface area contributed by atoms with Gasteiger partial charge >= 0.3 is 0 Å². The zero-order chi connectivity index (χ0) is 20.9. The van der Waals surface area contributed by atoms with Gasteiger partial charge in [0.05, 0.1) is 23.7 Å². The summed E-state index contributed by atoms with van der Waals surface area (Å²) in [6, 6.07) is 6.28. The number of hydrogen-bond donors (Lipinski definition) is 2. The lowest BCUT2D eigenvalue weighted by molar-refractivity contribution is 0.0890. The number of ether oxygens (including phenoxy) is 1. The summed E-state index contributed by atoms with van der Waals surface area (Å²) >= 11 is 1.51. The zero-order valence-corrected chi connectivity index (χ0v) is 18.1. The van der Waals surface area contributed by atoms with Crippen LogP contribution in [0.15, 0.2) is 36.9 Å². The monoisotopic (exact) mass is 426 g/mol. The maximum atomic E-state index is 10.6. The molecule has 158 valence electrons. The molecule has 2 aliphatic rings. The molecule has 2 N–H and O–H groups in total. The van der Waals surface area contributed by atoms with E-state index in [-0.39, 0.29) is 17.4 Å². The minimum absolute atomic E-state index is 0.0947. The van der Waals surface area contributed by atoms with Crippen molar-refractivity contribution in [2.75, 3.05) is 19.1 Å². The molecule has 30 heavy (non-hydrogen) atoms. The van der Waals surface area contributed by atoms with Gasteiger partial charge < -0.3 is 24.6 Å². The summed E-state index contributed by atoms with van der Waals surface area (Å²) in [5, 5.41) is 24.7. The molecule has 0 radical (unpaired) electrons. The number of anilines is 1. The lowest BCUT2D eigenvalue weighted by Gasteiger charge is -2.40. The highest BCUT2D eigenvalue weighted by Crippen LogP contribution is 2.41. The van der Waals surface area contributed by atoms with Gasteiger partial charge in [0.25, 0.3) is 0 Å². The molecule has 1 aromatic carbocycles. The van der Waals surface area contributed by atoms with Gasteiger partial charge in [0.15, 0.2) is 5.01 Å². The Kier molecular flexibility index (Phi) is 4.76. The predicted octanol–water partition coefficient (Wildman–Crippen LogP) is 2.83. The van der Waals surface area contributed by atoms with Crippen LogP contribution in [-0.2, 0) is 4.74 Å². The predicted molar refractivity (Wildman–Crippen MR) is 116 cm³/mol. The molecule has 2 saturated heterocycles. The summed E-state index contributed by atoms with van der Waals surface area (Å²) in [4.78, 5) is 6.29. The molecule has 3 aromatic rings. The molecular weight excluding hydrogens is 400 g/mol. The number of nitrogens with zero attached hydrogens (tertiary/aromatic N) is 5. The van der Waals surface area contributed by atoms with Gasteiger partial charge in [-0.25, -0.2) is 4.98 Å². The van der Waals surface area contributed by atoms with Crippen molar-refractivity contribution < 1.29 is 9.84 Å². The number of phenols is 1. The Balaban J connectivity index is 1.36. The quantitative estimate of drug-likeness (QED) is 0.649. The molecule has 5 rings (SSSR count). The number of rotatable bonds is 5. The Morgan fingerprint density at radius 3 is 2.93 bits per heavy atom. The fourth-order valence-electron chi connectivity index (χ4n) is 4.87. The Hall–Kier alpha value is -2.49. The maximum absolute atomic E-state index is 10.6. The third kappa shape index (κ3) is 3.36. The molecule has 0 spiro atoms. The van der Waals surface area contributed by atoms with Crippen molar-refractivity contribution in [1.29, 1.82) is 0 Å². The van der Waals surface area contributed by atoms with Crippen molar-refractivity contribution in [2.24, 2.45) is 0 Å². The third-order valence-corrected chi connectivity index (χ3v) is 7.47. The number of imidazole rings is 1. The van der Waals surface area contributed by atoms with E-state index in [2.05, 4.69) is 39.4 Å². The molecule has 2 bridgehead atoms. The molecule has 0 amide bonds. The zero-order valence-electron chi connectivity index (χ0n) is 17.3. The van der Waals surface area contributed by atoms with Crippen molar-refractivity contribution in [3.63, 3.8) is 0 Å². The van der Waals surface area contributed by atoms with Crippen LogP contribution < -0.4 is 10.2 Å². The molecule has 0 saturated carbocycles. The highest BCUT2D eigenvalue weighted by Gasteiger charge is 2.49. The Morgan fingerprint density at radius 2 is 2.20 bits per heavy atom. The van der Waals surface area contributed by atoms with E-state index in [1.807, 2.05) is 22.9 Å². The van der Waals surface area contributed by atoms with Crippen LogP contribution in [0.25, 0.3) is 16.3 Å². The Labute approximate surface area is 179 Å². The van der Waals surface area contributed by atoms with Gasteiger partial charge in [0.1, 0.15) is 5.75 Å². The van der Waals surface area contributed by atoms with Crippen LogP contribution in [0.1, 0.15) is 26.2 Å². The molecule has 4 heterocycles. The van der Waals surface area contributed by atoms with Crippen molar-refractivity contribution in [3.8, 4) is 22.0 Å². The molecular formula is C21H26N6O2S. The smallest absolute Gasteiger partial charge is 0.208 e. The molecule has 8 nitrogen and oxygen atoms in total. The average Bonchev–Trinajstić information content (AvgIpc) is 3.46. The molecule has 4 atom stereocenters. The number of benzene rings is 1. The third-order valence-electron chi connectivity index (χ3n) is 6.43. The van der Waals surface area contributed by atoms with Crippen LogP contribution >= 0.6 is 11.3 Å². The van der Waals surface area contributed by atoms with Crippen LogP contribution in [0.3, 0.4) is 0 Å². The van der Waals surface area contributed by atoms with Crippen molar-refractivity contribution >= 4 is 16.5 Å². The largest absolute Gasteiger partial charge is 0.507 e. The standard InChI is InChI=1S/C21H26N6O2S/c1-21-10-14(8-16(23-21)18(11-21)29-3)26(2)20-25-24-19(30-20)15-5-4-13(9-17(15)28)27-7-6-22-12-27/h4-7,9,12,14,16,18,23,28H,8,10-11H2,1-3H3/t14-,16+,18-,21-/m1/s1. The van der Waals surface area contributed by atoms with Gasteiger partial charge in [0, 0.05) is 50.2 Å². The van der Waals surface area contributed by atoms with E-state index in [4.69, 9.17) is 4.74 Å². The van der Waals surface area contributed by atoms with Crippen molar-refractivity contribution in [3.05, 3.63) is 36.9 Å². The molecule has 2 aliphatic heterocycles. The minimum Gasteiger partial charge on any atom is -0.507 e. The molecule has 0 aliphatic carbocycles. The topological polar surface area (TPSA) is 88.3 Å². The Bertz CT molecular complexity index is 1040. The van der Waals surface area contributed by atoms with E-state index in [0.29, 0.717) is 22.7 Å². The fraction of sp³-hybridized carbons (Fsp3) is 0.476. The second-order valence-electron chi connectivity index (χ2n) is 8.56. The molecule has 2 aromatic heterocycles. The average molecular weight is 427 g/mol. The van der Waals surface area contributed by atoms with Crippen LogP contribution in [0.2, 0.25) is 0 Å². The van der Waals surface area contributed by atoms with E-state index < -0.39 is 0 Å². The second-order valence-corrected chi connectivity index (χ2v) is 9.51. The number of fused-ring (bicyclic) bond motifs is 2. The first-order valence-corrected chi connectivity index (χ1v) is 11.0. The van der Waals surface area contributed by atoms with E-state index in [0.717, 1.165) is 30.1 Å². The van der Waals surface area contributed by atoms with E-state index in [1.165, 1.54) is 11.3 Å². The normalized spacial score (nSPS) is 28.0. The lowest BCUT2D eigenvalue weighted by atomic mass is 9.89. The lowest BCUT2D eigenvalue weighted by Crippen LogP contribution is -2.54. The number of methoxy groups -OCH3 is 1. The van der Waals surface area contributed by atoms with E-state index in [9.17, 15) is 5.11 Å². The maximum Gasteiger partial charge on any atom is 0.208 e. The van der Waals surface area contributed by atoms with Crippen molar-refractivity contribution in [2.45, 2.75) is 49.9 Å². The molecule has 0 unspecified atom stereocenters. The highest BCUT2D eigenvalue weighted by molar-refractivity contribution is 7.18. The Morgan fingerprint density at radius 1 is 1.33 bits per heavy atom.